The highest BCUT2D eigenvalue weighted by Gasteiger charge is 2.21. The molecule has 0 radical (unpaired) electrons. The quantitative estimate of drug-likeness (QED) is 0.519. The number of carbonyl (C=O) groups is 2. The Balaban J connectivity index is 1.52. The molecule has 2 aromatic heterocycles. The smallest absolute Gasteiger partial charge is 0.257 e. The first-order chi connectivity index (χ1) is 16.9. The first kappa shape index (κ1) is 24.4. The molecule has 8 nitrogen and oxygen atoms in total. The molecule has 1 fully saturated rings. The predicted octanol–water partition coefficient (Wildman–Crippen LogP) is 3.68. The van der Waals surface area contributed by atoms with Gasteiger partial charge in [-0.05, 0) is 56.4 Å². The van der Waals surface area contributed by atoms with Crippen molar-refractivity contribution in [2.75, 3.05) is 0 Å². The third kappa shape index (κ3) is 6.26. The fourth-order valence-electron chi connectivity index (χ4n) is 4.53. The molecule has 35 heavy (non-hydrogen) atoms. The van der Waals surface area contributed by atoms with Crippen molar-refractivity contribution in [1.29, 1.82) is 0 Å². The molecule has 2 N–H and O–H groups in total. The van der Waals surface area contributed by atoms with Gasteiger partial charge in [0.15, 0.2) is 0 Å². The Morgan fingerprint density at radius 3 is 2.34 bits per heavy atom. The molecule has 2 heterocycles. The van der Waals surface area contributed by atoms with E-state index in [1.54, 1.807) is 23.3 Å². The molecule has 8 heteroatoms. The third-order valence-electron chi connectivity index (χ3n) is 6.34. The molecule has 0 aliphatic heterocycles. The number of benzene rings is 1. The largest absolute Gasteiger partial charge is 0.352 e. The summed E-state index contributed by atoms with van der Waals surface area (Å²) in [4.78, 5) is 38.9. The fraction of sp³-hybridized carbons (Fsp3) is 0.407. The molecule has 1 aliphatic carbocycles. The van der Waals surface area contributed by atoms with Crippen LogP contribution in [-0.4, -0.2) is 32.2 Å². The van der Waals surface area contributed by atoms with Crippen molar-refractivity contribution < 1.29 is 9.59 Å². The standard InChI is InChI=1S/C27H33N5O3/c1-19(2)30-27(35)24-18-31(16-21-7-4-3-5-8-21)17-23(25(24)33)26(34)28-15-20-9-11-22(12-10-20)32-14-6-13-29-32/h6,9-14,17-19,21H,3-5,7-8,15-16H2,1-2H3,(H,28,34)(H,30,35). The number of aromatic nitrogens is 3. The highest BCUT2D eigenvalue weighted by Crippen LogP contribution is 2.25. The average Bonchev–Trinajstić information content (AvgIpc) is 3.39. The van der Waals surface area contributed by atoms with Gasteiger partial charge in [0.2, 0.25) is 5.43 Å². The molecule has 1 saturated carbocycles. The van der Waals surface area contributed by atoms with Crippen LogP contribution in [-0.2, 0) is 13.1 Å². The van der Waals surface area contributed by atoms with Crippen LogP contribution in [0.3, 0.4) is 0 Å². The maximum absolute atomic E-state index is 13.1. The van der Waals surface area contributed by atoms with Crippen LogP contribution in [0.25, 0.3) is 5.69 Å². The van der Waals surface area contributed by atoms with Crippen LogP contribution in [0, 0.1) is 5.92 Å². The molecular weight excluding hydrogens is 442 g/mol. The zero-order valence-electron chi connectivity index (χ0n) is 20.4. The van der Waals surface area contributed by atoms with Gasteiger partial charge in [0.1, 0.15) is 11.1 Å². The van der Waals surface area contributed by atoms with E-state index in [0.29, 0.717) is 12.5 Å². The summed E-state index contributed by atoms with van der Waals surface area (Å²) in [6.45, 7) is 4.64. The first-order valence-electron chi connectivity index (χ1n) is 12.3. The second-order valence-corrected chi connectivity index (χ2v) is 9.54. The molecule has 0 saturated heterocycles. The van der Waals surface area contributed by atoms with Crippen LogP contribution in [0.5, 0.6) is 0 Å². The topological polar surface area (TPSA) is 98.0 Å². The van der Waals surface area contributed by atoms with Crippen molar-refractivity contribution in [2.45, 2.75) is 65.1 Å². The van der Waals surface area contributed by atoms with Gasteiger partial charge in [-0.15, -0.1) is 0 Å². The minimum atomic E-state index is -0.547. The van der Waals surface area contributed by atoms with Crippen LogP contribution >= 0.6 is 0 Å². The Morgan fingerprint density at radius 1 is 1.03 bits per heavy atom. The Hall–Kier alpha value is -3.68. The summed E-state index contributed by atoms with van der Waals surface area (Å²) in [5.41, 5.74) is 1.26. The molecule has 184 valence electrons. The van der Waals surface area contributed by atoms with Gasteiger partial charge >= 0.3 is 0 Å². The number of rotatable bonds is 8. The lowest BCUT2D eigenvalue weighted by Crippen LogP contribution is -2.37. The summed E-state index contributed by atoms with van der Waals surface area (Å²) in [6.07, 6.45) is 12.6. The molecular formula is C27H33N5O3. The minimum absolute atomic E-state index is 0.00531. The lowest BCUT2D eigenvalue weighted by molar-refractivity contribution is 0.0940. The van der Waals surface area contributed by atoms with Crippen molar-refractivity contribution in [3.8, 4) is 5.69 Å². The number of nitrogens with zero attached hydrogens (tertiary/aromatic N) is 3. The molecule has 0 atom stereocenters. The molecule has 2 amide bonds. The predicted molar refractivity (Wildman–Crippen MR) is 135 cm³/mol. The van der Waals surface area contributed by atoms with E-state index in [1.807, 2.05) is 54.9 Å². The maximum Gasteiger partial charge on any atom is 0.257 e. The number of pyridine rings is 1. The molecule has 4 rings (SSSR count). The van der Waals surface area contributed by atoms with E-state index < -0.39 is 17.2 Å². The van der Waals surface area contributed by atoms with Crippen molar-refractivity contribution in [2.24, 2.45) is 5.92 Å². The van der Waals surface area contributed by atoms with Crippen LogP contribution < -0.4 is 16.1 Å². The Labute approximate surface area is 205 Å². The zero-order chi connectivity index (χ0) is 24.8. The molecule has 0 spiro atoms. The number of hydrogen-bond acceptors (Lipinski definition) is 4. The van der Waals surface area contributed by atoms with E-state index in [9.17, 15) is 14.4 Å². The van der Waals surface area contributed by atoms with E-state index in [-0.39, 0.29) is 23.7 Å². The number of carbonyl (C=O) groups excluding carboxylic acids is 2. The SMILES string of the molecule is CC(C)NC(=O)c1cn(CC2CCCCC2)cc(C(=O)NCc2ccc(-n3cccn3)cc2)c1=O. The van der Waals surface area contributed by atoms with E-state index in [1.165, 1.54) is 19.3 Å². The highest BCUT2D eigenvalue weighted by atomic mass is 16.2. The van der Waals surface area contributed by atoms with E-state index in [0.717, 1.165) is 24.1 Å². The summed E-state index contributed by atoms with van der Waals surface area (Å²) in [6, 6.07) is 9.39. The maximum atomic E-state index is 13.1. The number of nitrogens with one attached hydrogen (secondary N) is 2. The third-order valence-corrected chi connectivity index (χ3v) is 6.34. The van der Waals surface area contributed by atoms with Gasteiger partial charge in [-0.1, -0.05) is 31.4 Å². The van der Waals surface area contributed by atoms with Crippen molar-refractivity contribution in [1.82, 2.24) is 25.0 Å². The molecule has 1 aliphatic rings. The second kappa shape index (κ2) is 11.2. The normalized spacial score (nSPS) is 14.1. The van der Waals surface area contributed by atoms with Crippen molar-refractivity contribution in [3.05, 3.63) is 82.0 Å². The van der Waals surface area contributed by atoms with Crippen molar-refractivity contribution in [3.63, 3.8) is 0 Å². The van der Waals surface area contributed by atoms with Crippen LogP contribution in [0.15, 0.2) is 59.9 Å². The lowest BCUT2D eigenvalue weighted by atomic mass is 9.89. The van der Waals surface area contributed by atoms with Gasteiger partial charge in [0.25, 0.3) is 11.8 Å². The Kier molecular flexibility index (Phi) is 7.80. The van der Waals surface area contributed by atoms with Crippen LogP contribution in [0.1, 0.15) is 72.2 Å². The Morgan fingerprint density at radius 2 is 1.71 bits per heavy atom. The molecule has 3 aromatic rings. The van der Waals surface area contributed by atoms with Gasteiger partial charge in [-0.2, -0.15) is 5.10 Å². The summed E-state index contributed by atoms with van der Waals surface area (Å²) >= 11 is 0. The summed E-state index contributed by atoms with van der Waals surface area (Å²) in [7, 11) is 0. The lowest BCUT2D eigenvalue weighted by Gasteiger charge is -2.23. The number of hydrogen-bond donors (Lipinski definition) is 2. The molecule has 0 bridgehead atoms. The van der Waals surface area contributed by atoms with Gasteiger partial charge in [0.05, 0.1) is 5.69 Å². The number of amides is 2. The molecule has 1 aromatic carbocycles. The van der Waals surface area contributed by atoms with Crippen LogP contribution in [0.4, 0.5) is 0 Å². The van der Waals surface area contributed by atoms with Gasteiger partial charge in [-0.3, -0.25) is 14.4 Å². The van der Waals surface area contributed by atoms with Gasteiger partial charge in [0, 0.05) is 43.9 Å². The second-order valence-electron chi connectivity index (χ2n) is 9.54. The van der Waals surface area contributed by atoms with E-state index in [2.05, 4.69) is 15.7 Å². The highest BCUT2D eigenvalue weighted by molar-refractivity contribution is 5.99. The van der Waals surface area contributed by atoms with Crippen LogP contribution in [0.2, 0.25) is 0 Å². The molecule has 0 unspecified atom stereocenters. The Bertz CT molecular complexity index is 1210. The van der Waals surface area contributed by atoms with Gasteiger partial charge < -0.3 is 15.2 Å². The van der Waals surface area contributed by atoms with E-state index >= 15 is 0 Å². The van der Waals surface area contributed by atoms with E-state index in [4.69, 9.17) is 0 Å². The van der Waals surface area contributed by atoms with Gasteiger partial charge in [-0.25, -0.2) is 4.68 Å². The minimum Gasteiger partial charge on any atom is -0.352 e. The summed E-state index contributed by atoms with van der Waals surface area (Å²) in [5.74, 6) is -0.453. The summed E-state index contributed by atoms with van der Waals surface area (Å²) < 4.78 is 3.60. The van der Waals surface area contributed by atoms with Crippen molar-refractivity contribution >= 4 is 11.8 Å². The summed E-state index contributed by atoms with van der Waals surface area (Å²) in [5, 5.41) is 9.83. The zero-order valence-corrected chi connectivity index (χ0v) is 20.4. The monoisotopic (exact) mass is 475 g/mol. The first-order valence-corrected chi connectivity index (χ1v) is 12.3. The average molecular weight is 476 g/mol. The fourth-order valence-corrected chi connectivity index (χ4v) is 4.53.